The summed E-state index contributed by atoms with van der Waals surface area (Å²) in [5.41, 5.74) is -0.139. The number of pyridine rings is 2. The molecule has 0 radical (unpaired) electrons. The van der Waals surface area contributed by atoms with Crippen molar-refractivity contribution in [2.75, 3.05) is 0 Å². The lowest BCUT2D eigenvalue weighted by Gasteiger charge is -2.61. The van der Waals surface area contributed by atoms with Crippen LogP contribution < -0.4 is 10.9 Å². The van der Waals surface area contributed by atoms with Gasteiger partial charge >= 0.3 is 0 Å². The summed E-state index contributed by atoms with van der Waals surface area (Å²) < 4.78 is 14.6. The van der Waals surface area contributed by atoms with Crippen molar-refractivity contribution in [1.29, 1.82) is 0 Å². The number of aromatic hydroxyl groups is 1. The number of carbonyl (C=O) groups is 1. The fourth-order valence-electron chi connectivity index (χ4n) is 4.32. The van der Waals surface area contributed by atoms with Crippen molar-refractivity contribution in [1.82, 2.24) is 14.9 Å². The van der Waals surface area contributed by atoms with E-state index in [9.17, 15) is 19.1 Å². The van der Waals surface area contributed by atoms with Gasteiger partial charge in [0.15, 0.2) is 0 Å². The van der Waals surface area contributed by atoms with Gasteiger partial charge < -0.3 is 10.4 Å². The van der Waals surface area contributed by atoms with Gasteiger partial charge in [-0.1, -0.05) is 12.1 Å². The summed E-state index contributed by atoms with van der Waals surface area (Å²) in [6.45, 7) is 0.112. The Kier molecular flexibility index (Phi) is 3.56. The second kappa shape index (κ2) is 5.89. The first-order chi connectivity index (χ1) is 13.5. The van der Waals surface area contributed by atoms with Gasteiger partial charge in [-0.15, -0.1) is 0 Å². The van der Waals surface area contributed by atoms with E-state index in [1.165, 1.54) is 22.9 Å². The minimum absolute atomic E-state index is 0.112. The molecule has 0 aliphatic heterocycles. The van der Waals surface area contributed by atoms with Gasteiger partial charge in [-0.25, -0.2) is 9.37 Å². The average Bonchev–Trinajstić information content (AvgIpc) is 2.62. The molecule has 3 fully saturated rings. The molecular formula is C21H18FN3O3. The summed E-state index contributed by atoms with van der Waals surface area (Å²) in [5.74, 6) is -0.611. The largest absolute Gasteiger partial charge is 0.506 e. The Hall–Kier alpha value is -3.22. The number of nitrogens with one attached hydrogen (secondary N) is 1. The van der Waals surface area contributed by atoms with Gasteiger partial charge in [0.05, 0.1) is 11.9 Å². The first-order valence-electron chi connectivity index (χ1n) is 9.23. The number of halogens is 1. The summed E-state index contributed by atoms with van der Waals surface area (Å²) in [7, 11) is 0. The zero-order valence-electron chi connectivity index (χ0n) is 15.0. The maximum Gasteiger partial charge on any atom is 0.269 e. The van der Waals surface area contributed by atoms with E-state index in [-0.39, 0.29) is 34.9 Å². The molecule has 0 unspecified atom stereocenters. The number of carbonyl (C=O) groups excluding carboxylic acids is 1. The molecule has 2 heterocycles. The van der Waals surface area contributed by atoms with E-state index in [1.807, 2.05) is 0 Å². The maximum atomic E-state index is 13.2. The van der Waals surface area contributed by atoms with Crippen LogP contribution in [-0.4, -0.2) is 26.1 Å². The quantitative estimate of drug-likeness (QED) is 0.730. The lowest BCUT2D eigenvalue weighted by atomic mass is 9.50. The molecule has 1 amide bonds. The van der Waals surface area contributed by atoms with E-state index in [0.29, 0.717) is 16.9 Å². The highest BCUT2D eigenvalue weighted by Gasteiger charge is 2.57. The van der Waals surface area contributed by atoms with E-state index < -0.39 is 11.5 Å². The molecule has 7 heteroatoms. The predicted molar refractivity (Wildman–Crippen MR) is 101 cm³/mol. The number of rotatable bonds is 4. The fourth-order valence-corrected chi connectivity index (χ4v) is 4.32. The lowest BCUT2D eigenvalue weighted by molar-refractivity contribution is -0.0439. The number of hydrogen-bond donors (Lipinski definition) is 2. The number of nitrogens with zero attached hydrogens (tertiary/aromatic N) is 2. The van der Waals surface area contributed by atoms with Gasteiger partial charge in [0.2, 0.25) is 0 Å². The Morgan fingerprint density at radius 3 is 2.61 bits per heavy atom. The highest BCUT2D eigenvalue weighted by molar-refractivity contribution is 6.02. The number of amides is 1. The van der Waals surface area contributed by atoms with E-state index in [2.05, 4.69) is 10.3 Å². The topological polar surface area (TPSA) is 84.2 Å². The van der Waals surface area contributed by atoms with Gasteiger partial charge in [-0.3, -0.25) is 14.2 Å². The van der Waals surface area contributed by atoms with Crippen molar-refractivity contribution in [3.05, 3.63) is 69.9 Å². The molecule has 3 saturated carbocycles. The molecule has 6 rings (SSSR count). The minimum Gasteiger partial charge on any atom is -0.506 e. The van der Waals surface area contributed by atoms with E-state index in [4.69, 9.17) is 0 Å². The van der Waals surface area contributed by atoms with E-state index in [0.717, 1.165) is 19.3 Å². The highest BCUT2D eigenvalue weighted by Crippen LogP contribution is 2.57. The van der Waals surface area contributed by atoms with Crippen LogP contribution in [0.4, 0.5) is 4.39 Å². The normalized spacial score (nSPS) is 22.4. The van der Waals surface area contributed by atoms with Gasteiger partial charge in [0.25, 0.3) is 11.5 Å². The summed E-state index contributed by atoms with van der Waals surface area (Å²) in [4.78, 5) is 30.2. The molecule has 0 saturated heterocycles. The SMILES string of the molecule is O=C(NC12CC(C1)C2)c1c(O)c2cccnc2n(Cc2ccc(F)cc2)c1=O. The highest BCUT2D eigenvalue weighted by atomic mass is 19.1. The van der Waals surface area contributed by atoms with Crippen LogP contribution in [0.2, 0.25) is 0 Å². The molecule has 142 valence electrons. The zero-order chi connectivity index (χ0) is 19.5. The van der Waals surface area contributed by atoms with E-state index in [1.54, 1.807) is 24.3 Å². The van der Waals surface area contributed by atoms with Crippen LogP contribution in [0.5, 0.6) is 5.75 Å². The molecule has 2 N–H and O–H groups in total. The molecule has 0 spiro atoms. The third kappa shape index (κ3) is 2.50. The summed E-state index contributed by atoms with van der Waals surface area (Å²) in [6.07, 6.45) is 4.30. The van der Waals surface area contributed by atoms with Gasteiger partial charge in [0.1, 0.15) is 22.8 Å². The van der Waals surface area contributed by atoms with Gasteiger partial charge in [-0.05, 0) is 55.0 Å². The van der Waals surface area contributed by atoms with Crippen LogP contribution in [0.25, 0.3) is 11.0 Å². The van der Waals surface area contributed by atoms with Crippen molar-refractivity contribution < 1.29 is 14.3 Å². The molecular weight excluding hydrogens is 361 g/mol. The molecule has 3 aliphatic rings. The number of aromatic nitrogens is 2. The molecule has 3 aromatic rings. The number of fused-ring (bicyclic) bond motifs is 1. The second-order valence-corrected chi connectivity index (χ2v) is 7.83. The Balaban J connectivity index is 1.62. The average molecular weight is 379 g/mol. The Morgan fingerprint density at radius 2 is 1.96 bits per heavy atom. The van der Waals surface area contributed by atoms with Crippen LogP contribution in [0.1, 0.15) is 35.2 Å². The molecule has 2 bridgehead atoms. The van der Waals surface area contributed by atoms with Crippen molar-refractivity contribution in [3.8, 4) is 5.75 Å². The van der Waals surface area contributed by atoms with Crippen molar-refractivity contribution in [2.24, 2.45) is 5.92 Å². The Bertz CT molecular complexity index is 1150. The number of hydrogen-bond acceptors (Lipinski definition) is 4. The third-order valence-electron chi connectivity index (χ3n) is 5.89. The van der Waals surface area contributed by atoms with Gasteiger partial charge in [-0.2, -0.15) is 0 Å². The van der Waals surface area contributed by atoms with Crippen LogP contribution >= 0.6 is 0 Å². The summed E-state index contributed by atoms with van der Waals surface area (Å²) in [6, 6.07) is 9.03. The van der Waals surface area contributed by atoms with Gasteiger partial charge in [0, 0.05) is 11.7 Å². The monoisotopic (exact) mass is 379 g/mol. The molecule has 6 nitrogen and oxygen atoms in total. The molecule has 1 aromatic carbocycles. The van der Waals surface area contributed by atoms with Crippen molar-refractivity contribution in [2.45, 2.75) is 31.3 Å². The minimum atomic E-state index is -0.614. The number of benzene rings is 1. The van der Waals surface area contributed by atoms with Crippen LogP contribution in [0, 0.1) is 11.7 Å². The zero-order valence-corrected chi connectivity index (χ0v) is 15.0. The molecule has 3 aliphatic carbocycles. The fraction of sp³-hybridized carbons (Fsp3) is 0.286. The van der Waals surface area contributed by atoms with Crippen LogP contribution in [0.3, 0.4) is 0 Å². The third-order valence-corrected chi connectivity index (χ3v) is 5.89. The first-order valence-corrected chi connectivity index (χ1v) is 9.23. The summed E-state index contributed by atoms with van der Waals surface area (Å²) in [5, 5.41) is 13.9. The Morgan fingerprint density at radius 1 is 1.25 bits per heavy atom. The smallest absolute Gasteiger partial charge is 0.269 e. The molecule has 0 atom stereocenters. The van der Waals surface area contributed by atoms with Crippen LogP contribution in [-0.2, 0) is 6.54 Å². The second-order valence-electron chi connectivity index (χ2n) is 7.83. The first kappa shape index (κ1) is 16.9. The summed E-state index contributed by atoms with van der Waals surface area (Å²) >= 11 is 0. The lowest BCUT2D eigenvalue weighted by Crippen LogP contribution is -2.68. The maximum absolute atomic E-state index is 13.2. The molecule has 28 heavy (non-hydrogen) atoms. The van der Waals surface area contributed by atoms with Crippen LogP contribution in [0.15, 0.2) is 47.4 Å². The van der Waals surface area contributed by atoms with Crippen molar-refractivity contribution in [3.63, 3.8) is 0 Å². The predicted octanol–water partition coefficient (Wildman–Crippen LogP) is 2.57. The Labute approximate surface area is 159 Å². The molecule has 2 aromatic heterocycles. The van der Waals surface area contributed by atoms with E-state index >= 15 is 0 Å². The standard InChI is InChI=1S/C21H18FN3O3/c22-14-5-3-12(4-6-14)11-25-18-15(2-1-7-23-18)17(26)16(20(25)28)19(27)24-21-8-13(9-21)10-21/h1-7,13,26H,8-11H2,(H,24,27). The van der Waals surface area contributed by atoms with Crippen molar-refractivity contribution >= 4 is 16.9 Å².